The second-order valence-corrected chi connectivity index (χ2v) is 4.18. The van der Waals surface area contributed by atoms with Crippen molar-refractivity contribution in [2.75, 3.05) is 6.61 Å². The van der Waals surface area contributed by atoms with Gasteiger partial charge in [0, 0.05) is 0 Å². The lowest BCUT2D eigenvalue weighted by Gasteiger charge is -2.11. The third-order valence-electron chi connectivity index (χ3n) is 2.41. The summed E-state index contributed by atoms with van der Waals surface area (Å²) in [5.74, 6) is 1.30. The highest BCUT2D eigenvalue weighted by molar-refractivity contribution is 5.35. The van der Waals surface area contributed by atoms with Gasteiger partial charge < -0.3 is 4.74 Å². The topological polar surface area (TPSA) is 9.23 Å². The van der Waals surface area contributed by atoms with Gasteiger partial charge in [0.2, 0.25) is 0 Å². The van der Waals surface area contributed by atoms with Crippen molar-refractivity contribution >= 4 is 0 Å². The van der Waals surface area contributed by atoms with Gasteiger partial charge in [-0.25, -0.2) is 0 Å². The molecule has 0 heterocycles. The summed E-state index contributed by atoms with van der Waals surface area (Å²) >= 11 is 0. The zero-order valence-corrected chi connectivity index (χ0v) is 10.0. The van der Waals surface area contributed by atoms with Gasteiger partial charge in [0.25, 0.3) is 0 Å². The number of unbranched alkanes of at least 4 members (excludes halogenated alkanes) is 1. The molecule has 1 aromatic carbocycles. The van der Waals surface area contributed by atoms with Gasteiger partial charge in [-0.1, -0.05) is 26.3 Å². The summed E-state index contributed by atoms with van der Waals surface area (Å²) in [5, 5.41) is 0. The molecule has 0 amide bonds. The molecule has 1 unspecified atom stereocenters. The van der Waals surface area contributed by atoms with Gasteiger partial charge in [0.1, 0.15) is 5.75 Å². The Morgan fingerprint density at radius 3 is 2.67 bits per heavy atom. The molecular weight excluding hydrogens is 184 g/mol. The minimum Gasteiger partial charge on any atom is -0.494 e. The maximum Gasteiger partial charge on any atom is 0.119 e. The highest BCUT2D eigenvalue weighted by atomic mass is 16.5. The van der Waals surface area contributed by atoms with Crippen molar-refractivity contribution < 1.29 is 4.74 Å². The molecule has 0 fully saturated rings. The largest absolute Gasteiger partial charge is 0.494 e. The van der Waals surface area contributed by atoms with Crippen molar-refractivity contribution in [2.24, 2.45) is 0 Å². The van der Waals surface area contributed by atoms with Gasteiger partial charge in [0.05, 0.1) is 6.61 Å². The third kappa shape index (κ3) is 3.94. The molecule has 0 bridgehead atoms. The maximum atomic E-state index is 5.69. The van der Waals surface area contributed by atoms with Crippen molar-refractivity contribution in [3.05, 3.63) is 36.2 Å². The normalized spacial score (nSPS) is 10.7. The molecule has 1 heteroatoms. The van der Waals surface area contributed by atoms with Gasteiger partial charge in [-0.3, -0.25) is 0 Å². The molecule has 15 heavy (non-hydrogen) atoms. The fraction of sp³-hybridized carbons (Fsp3) is 0.500. The Morgan fingerprint density at radius 2 is 2.07 bits per heavy atom. The molecular formula is C14H21O. The Bertz CT molecular complexity index is 302. The van der Waals surface area contributed by atoms with Crippen LogP contribution in [-0.4, -0.2) is 6.61 Å². The Kier molecular flexibility index (Phi) is 4.67. The van der Waals surface area contributed by atoms with E-state index in [2.05, 4.69) is 45.9 Å². The number of hydrogen-bond acceptors (Lipinski definition) is 1. The molecule has 0 spiro atoms. The first-order valence-corrected chi connectivity index (χ1v) is 5.71. The Labute approximate surface area is 93.5 Å². The Hall–Kier alpha value is -0.980. The monoisotopic (exact) mass is 205 g/mol. The van der Waals surface area contributed by atoms with Crippen LogP contribution in [0.1, 0.15) is 43.7 Å². The van der Waals surface area contributed by atoms with Crippen molar-refractivity contribution in [1.29, 1.82) is 0 Å². The Balaban J connectivity index is 2.71. The number of rotatable bonds is 5. The number of hydrogen-bond donors (Lipinski definition) is 0. The van der Waals surface area contributed by atoms with Gasteiger partial charge in [-0.15, -0.1) is 0 Å². The molecule has 1 nitrogen and oxygen atoms in total. The SMILES string of the molecule is [CH2]C(C)c1cc(C)cc(OCCCC)c1. The minimum atomic E-state index is 0.318. The fourth-order valence-corrected chi connectivity index (χ4v) is 1.48. The van der Waals surface area contributed by atoms with E-state index in [-0.39, 0.29) is 0 Å². The van der Waals surface area contributed by atoms with Crippen molar-refractivity contribution in [3.8, 4) is 5.75 Å². The third-order valence-corrected chi connectivity index (χ3v) is 2.41. The highest BCUT2D eigenvalue weighted by Crippen LogP contribution is 2.22. The molecule has 0 aromatic heterocycles. The number of aryl methyl sites for hydroxylation is 1. The van der Waals surface area contributed by atoms with Crippen LogP contribution in [0.3, 0.4) is 0 Å². The summed E-state index contributed by atoms with van der Waals surface area (Å²) in [7, 11) is 0. The molecule has 1 rings (SSSR count). The quantitative estimate of drug-likeness (QED) is 0.657. The highest BCUT2D eigenvalue weighted by Gasteiger charge is 2.03. The predicted molar refractivity (Wildman–Crippen MR) is 65.4 cm³/mol. The lowest BCUT2D eigenvalue weighted by molar-refractivity contribution is 0.309. The first-order valence-electron chi connectivity index (χ1n) is 5.71. The average molecular weight is 205 g/mol. The summed E-state index contributed by atoms with van der Waals surface area (Å²) in [6.45, 7) is 11.2. The lowest BCUT2D eigenvalue weighted by Crippen LogP contribution is -1.98. The zero-order chi connectivity index (χ0) is 11.3. The fourth-order valence-electron chi connectivity index (χ4n) is 1.48. The molecule has 0 saturated carbocycles. The van der Waals surface area contributed by atoms with E-state index in [0.29, 0.717) is 5.92 Å². The van der Waals surface area contributed by atoms with E-state index < -0.39 is 0 Å². The first kappa shape index (κ1) is 12.1. The molecule has 0 N–H and O–H groups in total. The molecule has 1 radical (unpaired) electrons. The molecule has 1 atom stereocenters. The summed E-state index contributed by atoms with van der Waals surface area (Å²) in [4.78, 5) is 0. The molecule has 0 saturated heterocycles. The van der Waals surface area contributed by atoms with Gasteiger partial charge in [-0.2, -0.15) is 0 Å². The molecule has 0 aliphatic heterocycles. The van der Waals surface area contributed by atoms with Crippen molar-refractivity contribution in [3.63, 3.8) is 0 Å². The lowest BCUT2D eigenvalue weighted by atomic mass is 10.0. The van der Waals surface area contributed by atoms with Crippen LogP contribution in [-0.2, 0) is 0 Å². The van der Waals surface area contributed by atoms with Crippen LogP contribution in [0.2, 0.25) is 0 Å². The van der Waals surface area contributed by atoms with Crippen molar-refractivity contribution in [2.45, 2.75) is 39.5 Å². The standard InChI is InChI=1S/C14H21O/c1-5-6-7-15-14-9-12(4)8-13(10-14)11(2)3/h8-11H,2,5-7H2,1,3-4H3. The molecule has 0 aliphatic carbocycles. The minimum absolute atomic E-state index is 0.318. The van der Waals surface area contributed by atoms with Crippen LogP contribution in [0, 0.1) is 13.8 Å². The van der Waals surface area contributed by atoms with Crippen molar-refractivity contribution in [1.82, 2.24) is 0 Å². The number of benzene rings is 1. The molecule has 1 aromatic rings. The van der Waals surface area contributed by atoms with E-state index in [1.165, 1.54) is 17.5 Å². The summed E-state index contributed by atoms with van der Waals surface area (Å²) in [6.07, 6.45) is 2.29. The number of ether oxygens (including phenoxy) is 1. The second kappa shape index (κ2) is 5.79. The van der Waals surface area contributed by atoms with Crippen LogP contribution in [0.4, 0.5) is 0 Å². The molecule has 83 valence electrons. The van der Waals surface area contributed by atoms with Crippen LogP contribution in [0.15, 0.2) is 18.2 Å². The molecule has 0 aliphatic rings. The van der Waals surface area contributed by atoms with Crippen LogP contribution >= 0.6 is 0 Å². The smallest absolute Gasteiger partial charge is 0.119 e. The maximum absolute atomic E-state index is 5.69. The van der Waals surface area contributed by atoms with Crippen LogP contribution < -0.4 is 4.74 Å². The van der Waals surface area contributed by atoms with Crippen LogP contribution in [0.25, 0.3) is 0 Å². The zero-order valence-electron chi connectivity index (χ0n) is 10.0. The van der Waals surface area contributed by atoms with E-state index in [1.54, 1.807) is 0 Å². The first-order chi connectivity index (χ1) is 7.13. The average Bonchev–Trinajstić information content (AvgIpc) is 2.17. The second-order valence-electron chi connectivity index (χ2n) is 4.18. The van der Waals surface area contributed by atoms with E-state index in [9.17, 15) is 0 Å². The predicted octanol–water partition coefficient (Wildman–Crippen LogP) is 4.11. The van der Waals surface area contributed by atoms with Gasteiger partial charge >= 0.3 is 0 Å². The Morgan fingerprint density at radius 1 is 1.33 bits per heavy atom. The van der Waals surface area contributed by atoms with Gasteiger partial charge in [0.15, 0.2) is 0 Å². The van der Waals surface area contributed by atoms with Crippen LogP contribution in [0.5, 0.6) is 5.75 Å². The van der Waals surface area contributed by atoms with Gasteiger partial charge in [-0.05, 0) is 49.4 Å². The van der Waals surface area contributed by atoms with E-state index in [0.717, 1.165) is 18.8 Å². The summed E-state index contributed by atoms with van der Waals surface area (Å²) in [6, 6.07) is 6.35. The van der Waals surface area contributed by atoms with E-state index >= 15 is 0 Å². The van der Waals surface area contributed by atoms with E-state index in [1.807, 2.05) is 0 Å². The van der Waals surface area contributed by atoms with E-state index in [4.69, 9.17) is 4.74 Å². The summed E-state index contributed by atoms with van der Waals surface area (Å²) in [5.41, 5.74) is 2.50. The summed E-state index contributed by atoms with van der Waals surface area (Å²) < 4.78 is 5.69.